The number of nitrogens with zero attached hydrogens (tertiary/aromatic N) is 8. The first-order valence-electron chi connectivity index (χ1n) is 11.1. The summed E-state index contributed by atoms with van der Waals surface area (Å²) in [5.41, 5.74) is 3.20. The second-order valence-electron chi connectivity index (χ2n) is 8.56. The quantitative estimate of drug-likeness (QED) is 0.597. The predicted octanol–water partition coefficient (Wildman–Crippen LogP) is 1.38. The predicted molar refractivity (Wildman–Crippen MR) is 122 cm³/mol. The average molecular weight is 447 g/mol. The van der Waals surface area contributed by atoms with Gasteiger partial charge in [-0.1, -0.05) is 6.07 Å². The number of hydrogen-bond donors (Lipinski definition) is 0. The lowest BCUT2D eigenvalue weighted by Gasteiger charge is -2.36. The SMILES string of the molecule is Cc1ccc(N2CC(C(=O)N3CCN(c4cc(-n5cncn5)ncn4)CC3)CC2=O)cc1C. The van der Waals surface area contributed by atoms with E-state index >= 15 is 0 Å². The van der Waals surface area contributed by atoms with Crippen LogP contribution in [0.25, 0.3) is 5.82 Å². The van der Waals surface area contributed by atoms with E-state index in [1.807, 2.05) is 43.0 Å². The van der Waals surface area contributed by atoms with Crippen molar-refractivity contribution in [1.29, 1.82) is 0 Å². The van der Waals surface area contributed by atoms with Gasteiger partial charge in [0.15, 0.2) is 5.82 Å². The minimum atomic E-state index is -0.302. The van der Waals surface area contributed by atoms with Gasteiger partial charge in [0.05, 0.1) is 5.92 Å². The highest BCUT2D eigenvalue weighted by atomic mass is 16.2. The minimum Gasteiger partial charge on any atom is -0.353 e. The molecule has 2 saturated heterocycles. The topological polar surface area (TPSA) is 100 Å². The van der Waals surface area contributed by atoms with Gasteiger partial charge in [-0.15, -0.1) is 0 Å². The molecule has 3 aromatic rings. The lowest BCUT2D eigenvalue weighted by molar-refractivity contribution is -0.136. The van der Waals surface area contributed by atoms with Gasteiger partial charge in [0.25, 0.3) is 0 Å². The standard InChI is InChI=1S/C23H26N8O2/c1-16-3-4-19(9-17(16)2)30-12-18(10-22(30)32)23(33)29-7-5-28(6-8-29)20-11-21(26-14-25-20)31-15-24-13-27-31/h3-4,9,11,13-15,18H,5-8,10,12H2,1-2H3. The van der Waals surface area contributed by atoms with Crippen molar-refractivity contribution in [2.24, 2.45) is 5.92 Å². The van der Waals surface area contributed by atoms with E-state index in [4.69, 9.17) is 0 Å². The summed E-state index contributed by atoms with van der Waals surface area (Å²) in [7, 11) is 0. The summed E-state index contributed by atoms with van der Waals surface area (Å²) in [6.45, 7) is 7.04. The van der Waals surface area contributed by atoms with E-state index in [-0.39, 0.29) is 24.2 Å². The Morgan fingerprint density at radius 2 is 1.76 bits per heavy atom. The Morgan fingerprint density at radius 3 is 2.48 bits per heavy atom. The van der Waals surface area contributed by atoms with Crippen LogP contribution >= 0.6 is 0 Å². The molecule has 2 aliphatic rings. The molecular weight excluding hydrogens is 420 g/mol. The number of carbonyl (C=O) groups excluding carboxylic acids is 2. The maximum atomic E-state index is 13.2. The van der Waals surface area contributed by atoms with Gasteiger partial charge in [0, 0.05) is 50.9 Å². The molecule has 10 nitrogen and oxygen atoms in total. The van der Waals surface area contributed by atoms with E-state index in [1.165, 1.54) is 18.2 Å². The fourth-order valence-corrected chi connectivity index (χ4v) is 4.39. The van der Waals surface area contributed by atoms with Gasteiger partial charge in [0.1, 0.15) is 24.8 Å². The molecule has 0 aliphatic carbocycles. The zero-order chi connectivity index (χ0) is 22.9. The fourth-order valence-electron chi connectivity index (χ4n) is 4.39. The second kappa shape index (κ2) is 8.61. The van der Waals surface area contributed by atoms with Gasteiger partial charge in [-0.25, -0.2) is 19.6 Å². The van der Waals surface area contributed by atoms with Crippen LogP contribution < -0.4 is 9.80 Å². The number of hydrogen-bond acceptors (Lipinski definition) is 7. The van der Waals surface area contributed by atoms with Crippen molar-refractivity contribution in [2.75, 3.05) is 42.5 Å². The van der Waals surface area contributed by atoms with E-state index in [2.05, 4.69) is 25.0 Å². The van der Waals surface area contributed by atoms with Crippen molar-refractivity contribution in [2.45, 2.75) is 20.3 Å². The summed E-state index contributed by atoms with van der Waals surface area (Å²) in [6.07, 6.45) is 4.82. The molecule has 33 heavy (non-hydrogen) atoms. The highest BCUT2D eigenvalue weighted by molar-refractivity contribution is 6.00. The van der Waals surface area contributed by atoms with E-state index in [9.17, 15) is 9.59 Å². The Labute approximate surface area is 191 Å². The van der Waals surface area contributed by atoms with Crippen molar-refractivity contribution >= 4 is 23.3 Å². The van der Waals surface area contributed by atoms with Crippen LogP contribution in [0.5, 0.6) is 0 Å². The Kier molecular flexibility index (Phi) is 5.49. The molecule has 2 amide bonds. The highest BCUT2D eigenvalue weighted by Gasteiger charge is 2.38. The summed E-state index contributed by atoms with van der Waals surface area (Å²) in [5, 5.41) is 4.11. The lowest BCUT2D eigenvalue weighted by Crippen LogP contribution is -2.51. The zero-order valence-electron chi connectivity index (χ0n) is 18.8. The van der Waals surface area contributed by atoms with Gasteiger partial charge in [-0.2, -0.15) is 5.10 Å². The third-order valence-electron chi connectivity index (χ3n) is 6.48. The van der Waals surface area contributed by atoms with E-state index < -0.39 is 0 Å². The van der Waals surface area contributed by atoms with Crippen LogP contribution in [0, 0.1) is 19.8 Å². The molecule has 5 rings (SSSR count). The number of rotatable bonds is 4. The summed E-state index contributed by atoms with van der Waals surface area (Å²) in [5.74, 6) is 1.20. The van der Waals surface area contributed by atoms with Crippen LogP contribution in [-0.2, 0) is 9.59 Å². The van der Waals surface area contributed by atoms with Crippen molar-refractivity contribution in [3.8, 4) is 5.82 Å². The van der Waals surface area contributed by atoms with Crippen molar-refractivity contribution in [3.05, 3.63) is 54.4 Å². The third-order valence-corrected chi connectivity index (χ3v) is 6.48. The van der Waals surface area contributed by atoms with E-state index in [1.54, 1.807) is 15.9 Å². The summed E-state index contributed by atoms with van der Waals surface area (Å²) in [4.78, 5) is 44.2. The molecule has 4 heterocycles. The molecule has 0 saturated carbocycles. The number of aryl methyl sites for hydroxylation is 2. The second-order valence-corrected chi connectivity index (χ2v) is 8.56. The molecule has 2 fully saturated rings. The van der Waals surface area contributed by atoms with Gasteiger partial charge >= 0.3 is 0 Å². The van der Waals surface area contributed by atoms with Crippen molar-refractivity contribution < 1.29 is 9.59 Å². The van der Waals surface area contributed by atoms with Crippen LogP contribution in [0.4, 0.5) is 11.5 Å². The van der Waals surface area contributed by atoms with Crippen LogP contribution in [0.3, 0.4) is 0 Å². The molecule has 1 unspecified atom stereocenters. The zero-order valence-corrected chi connectivity index (χ0v) is 18.8. The molecule has 1 aromatic carbocycles. The molecule has 0 bridgehead atoms. The normalized spacial score (nSPS) is 18.8. The smallest absolute Gasteiger partial charge is 0.228 e. The van der Waals surface area contributed by atoms with Crippen molar-refractivity contribution in [3.63, 3.8) is 0 Å². The van der Waals surface area contributed by atoms with Crippen LogP contribution in [0.1, 0.15) is 17.5 Å². The maximum Gasteiger partial charge on any atom is 0.228 e. The summed E-state index contributed by atoms with van der Waals surface area (Å²) < 4.78 is 1.59. The molecule has 2 aromatic heterocycles. The molecule has 10 heteroatoms. The van der Waals surface area contributed by atoms with Gasteiger partial charge in [0.2, 0.25) is 11.8 Å². The Morgan fingerprint density at radius 1 is 0.970 bits per heavy atom. The molecule has 1 atom stereocenters. The first kappa shape index (κ1) is 21.0. The van der Waals surface area contributed by atoms with Crippen LogP contribution in [0.2, 0.25) is 0 Å². The number of anilines is 2. The molecule has 0 spiro atoms. The third kappa shape index (κ3) is 4.15. The molecule has 0 N–H and O–H groups in total. The van der Waals surface area contributed by atoms with Gasteiger partial charge < -0.3 is 14.7 Å². The number of benzene rings is 1. The fraction of sp³-hybridized carbons (Fsp3) is 0.391. The average Bonchev–Trinajstić information content (AvgIpc) is 3.51. The van der Waals surface area contributed by atoms with Gasteiger partial charge in [-0.3, -0.25) is 9.59 Å². The Bertz CT molecular complexity index is 1170. The largest absolute Gasteiger partial charge is 0.353 e. The summed E-state index contributed by atoms with van der Waals surface area (Å²) in [6, 6.07) is 7.87. The van der Waals surface area contributed by atoms with E-state index in [0.717, 1.165) is 17.1 Å². The van der Waals surface area contributed by atoms with Crippen LogP contribution in [0.15, 0.2) is 43.2 Å². The van der Waals surface area contributed by atoms with Gasteiger partial charge in [-0.05, 0) is 37.1 Å². The van der Waals surface area contributed by atoms with Crippen molar-refractivity contribution in [1.82, 2.24) is 29.6 Å². The molecule has 0 radical (unpaired) electrons. The minimum absolute atomic E-state index is 0.0110. The first-order chi connectivity index (χ1) is 16.0. The number of carbonyl (C=O) groups is 2. The number of piperazine rings is 1. The number of amides is 2. The maximum absolute atomic E-state index is 13.2. The summed E-state index contributed by atoms with van der Waals surface area (Å²) >= 11 is 0. The molecule has 170 valence electrons. The lowest BCUT2D eigenvalue weighted by atomic mass is 10.1. The van der Waals surface area contributed by atoms with Crippen LogP contribution in [-0.4, -0.2) is 74.2 Å². The monoisotopic (exact) mass is 446 g/mol. The number of aromatic nitrogens is 5. The Hall–Kier alpha value is -3.82. The Balaban J connectivity index is 1.21. The van der Waals surface area contributed by atoms with E-state index in [0.29, 0.717) is 38.5 Å². The molecule has 2 aliphatic heterocycles. The molecular formula is C23H26N8O2. The highest BCUT2D eigenvalue weighted by Crippen LogP contribution is 2.28. The first-order valence-corrected chi connectivity index (χ1v) is 11.1.